The molecule has 1 aromatic carbocycles. The molecule has 6 nitrogen and oxygen atoms in total. The lowest BCUT2D eigenvalue weighted by Gasteiger charge is -2.33. The van der Waals surface area contributed by atoms with Crippen LogP contribution in [0.3, 0.4) is 0 Å². The molecule has 1 amide bonds. The maximum Gasteiger partial charge on any atom is 0.249 e. The minimum absolute atomic E-state index is 0.108. The zero-order valence-corrected chi connectivity index (χ0v) is 17.7. The van der Waals surface area contributed by atoms with Crippen molar-refractivity contribution in [3.8, 4) is 17.1 Å². The first kappa shape index (κ1) is 21.3. The Morgan fingerprint density at radius 3 is 2.86 bits per heavy atom. The second kappa shape index (κ2) is 11.0. The van der Waals surface area contributed by atoms with Crippen LogP contribution in [0.15, 0.2) is 28.8 Å². The highest BCUT2D eigenvalue weighted by molar-refractivity contribution is 5.76. The summed E-state index contributed by atoms with van der Waals surface area (Å²) in [5.74, 6) is 2.04. The van der Waals surface area contributed by atoms with Gasteiger partial charge in [0.05, 0.1) is 7.11 Å². The van der Waals surface area contributed by atoms with E-state index in [4.69, 9.17) is 9.26 Å². The van der Waals surface area contributed by atoms with Crippen molar-refractivity contribution in [3.63, 3.8) is 0 Å². The summed E-state index contributed by atoms with van der Waals surface area (Å²) in [7, 11) is 1.64. The minimum atomic E-state index is -0.108. The maximum atomic E-state index is 12.9. The Kier molecular flexibility index (Phi) is 8.08. The maximum absolute atomic E-state index is 12.9. The lowest BCUT2D eigenvalue weighted by Crippen LogP contribution is -2.38. The van der Waals surface area contributed by atoms with Crippen molar-refractivity contribution in [2.24, 2.45) is 0 Å². The standard InChI is InChI=1S/C23H33N3O3/c1-3-4-5-6-7-8-15-21(27)26-16-10-9-14-20(26)23-24-22(25-29-23)18-12-11-13-19(17-18)28-2/h11-13,17,20H,3-10,14-16H2,1-2H3. The van der Waals surface area contributed by atoms with Crippen LogP contribution in [0.25, 0.3) is 11.4 Å². The molecular weight excluding hydrogens is 366 g/mol. The van der Waals surface area contributed by atoms with E-state index in [2.05, 4.69) is 17.1 Å². The molecule has 0 saturated carbocycles. The van der Waals surface area contributed by atoms with Crippen LogP contribution in [-0.4, -0.2) is 34.6 Å². The third-order valence-electron chi connectivity index (χ3n) is 5.62. The van der Waals surface area contributed by atoms with E-state index in [-0.39, 0.29) is 11.9 Å². The van der Waals surface area contributed by atoms with Crippen molar-refractivity contribution in [1.29, 1.82) is 0 Å². The van der Waals surface area contributed by atoms with Crippen LogP contribution in [0.5, 0.6) is 5.75 Å². The Hall–Kier alpha value is -2.37. The van der Waals surface area contributed by atoms with Gasteiger partial charge in [-0.1, -0.05) is 56.3 Å². The molecule has 1 unspecified atom stereocenters. The van der Waals surface area contributed by atoms with Gasteiger partial charge in [-0.25, -0.2) is 0 Å². The smallest absolute Gasteiger partial charge is 0.249 e. The van der Waals surface area contributed by atoms with Gasteiger partial charge in [-0.15, -0.1) is 0 Å². The van der Waals surface area contributed by atoms with Crippen molar-refractivity contribution >= 4 is 5.91 Å². The number of ether oxygens (including phenoxy) is 1. The number of hydrogen-bond acceptors (Lipinski definition) is 5. The molecule has 0 radical (unpaired) electrons. The summed E-state index contributed by atoms with van der Waals surface area (Å²) >= 11 is 0. The second-order valence-corrected chi connectivity index (χ2v) is 7.80. The predicted molar refractivity (Wildman–Crippen MR) is 113 cm³/mol. The van der Waals surface area contributed by atoms with E-state index in [9.17, 15) is 4.79 Å². The third-order valence-corrected chi connectivity index (χ3v) is 5.62. The van der Waals surface area contributed by atoms with Gasteiger partial charge >= 0.3 is 0 Å². The number of carbonyl (C=O) groups is 1. The van der Waals surface area contributed by atoms with Gasteiger partial charge in [0.2, 0.25) is 17.6 Å². The van der Waals surface area contributed by atoms with Gasteiger partial charge in [-0.2, -0.15) is 4.98 Å². The molecule has 6 heteroatoms. The van der Waals surface area contributed by atoms with Crippen LogP contribution < -0.4 is 4.74 Å². The topological polar surface area (TPSA) is 68.5 Å². The fourth-order valence-electron chi connectivity index (χ4n) is 3.94. The highest BCUT2D eigenvalue weighted by Gasteiger charge is 2.31. The van der Waals surface area contributed by atoms with Gasteiger partial charge in [0.15, 0.2) is 0 Å². The molecular formula is C23H33N3O3. The molecule has 1 atom stereocenters. The molecule has 29 heavy (non-hydrogen) atoms. The van der Waals surface area contributed by atoms with Crippen LogP contribution in [0.4, 0.5) is 0 Å². The molecule has 0 spiro atoms. The molecule has 1 aromatic heterocycles. The summed E-state index contributed by atoms with van der Waals surface area (Å²) in [6, 6.07) is 7.49. The monoisotopic (exact) mass is 399 g/mol. The number of likely N-dealkylation sites (tertiary alicyclic amines) is 1. The summed E-state index contributed by atoms with van der Waals surface area (Å²) in [4.78, 5) is 19.4. The number of aromatic nitrogens is 2. The van der Waals surface area contributed by atoms with Crippen molar-refractivity contribution in [2.75, 3.05) is 13.7 Å². The predicted octanol–water partition coefficient (Wildman–Crippen LogP) is 5.55. The largest absolute Gasteiger partial charge is 0.497 e. The number of benzene rings is 1. The molecule has 2 heterocycles. The van der Waals surface area contributed by atoms with Gasteiger partial charge in [0.1, 0.15) is 11.8 Å². The van der Waals surface area contributed by atoms with Crippen LogP contribution in [-0.2, 0) is 4.79 Å². The minimum Gasteiger partial charge on any atom is -0.497 e. The zero-order valence-electron chi connectivity index (χ0n) is 17.7. The first-order chi connectivity index (χ1) is 14.2. The fourth-order valence-corrected chi connectivity index (χ4v) is 3.94. The van der Waals surface area contributed by atoms with E-state index in [1.54, 1.807) is 7.11 Å². The summed E-state index contributed by atoms with van der Waals surface area (Å²) in [5, 5.41) is 4.16. The van der Waals surface area contributed by atoms with Crippen molar-refractivity contribution in [1.82, 2.24) is 15.0 Å². The highest BCUT2D eigenvalue weighted by atomic mass is 16.5. The molecule has 3 rings (SSSR count). The van der Waals surface area contributed by atoms with Gasteiger partial charge in [0.25, 0.3) is 0 Å². The van der Waals surface area contributed by atoms with Crippen molar-refractivity contribution in [3.05, 3.63) is 30.2 Å². The number of rotatable bonds is 10. The lowest BCUT2D eigenvalue weighted by atomic mass is 10.0. The van der Waals surface area contributed by atoms with Crippen LogP contribution in [0.2, 0.25) is 0 Å². The number of unbranched alkanes of at least 4 members (excludes halogenated alkanes) is 5. The first-order valence-electron chi connectivity index (χ1n) is 11.0. The van der Waals surface area contributed by atoms with Gasteiger partial charge in [-0.05, 0) is 37.8 Å². The third kappa shape index (κ3) is 5.81. The summed E-state index contributed by atoms with van der Waals surface area (Å²) < 4.78 is 10.9. The summed E-state index contributed by atoms with van der Waals surface area (Å²) in [6.45, 7) is 2.99. The molecule has 1 aliphatic heterocycles. The second-order valence-electron chi connectivity index (χ2n) is 7.80. The van der Waals surface area contributed by atoms with Gasteiger partial charge in [-0.3, -0.25) is 4.79 Å². The number of nitrogens with zero attached hydrogens (tertiary/aromatic N) is 3. The van der Waals surface area contributed by atoms with Gasteiger partial charge < -0.3 is 14.2 Å². The molecule has 1 fully saturated rings. The van der Waals surface area contributed by atoms with E-state index in [0.717, 1.165) is 50.0 Å². The Balaban J connectivity index is 1.62. The quantitative estimate of drug-likeness (QED) is 0.490. The van der Waals surface area contributed by atoms with Crippen LogP contribution in [0.1, 0.15) is 83.1 Å². The molecule has 0 aliphatic carbocycles. The average molecular weight is 400 g/mol. The summed E-state index contributed by atoms with van der Waals surface area (Å²) in [6.07, 6.45) is 10.7. The zero-order chi connectivity index (χ0) is 20.5. The Morgan fingerprint density at radius 2 is 2.03 bits per heavy atom. The van der Waals surface area contributed by atoms with E-state index < -0.39 is 0 Å². The van der Waals surface area contributed by atoms with Crippen molar-refractivity contribution < 1.29 is 14.1 Å². The van der Waals surface area contributed by atoms with Crippen LogP contribution >= 0.6 is 0 Å². The van der Waals surface area contributed by atoms with E-state index in [0.29, 0.717) is 18.1 Å². The Bertz CT molecular complexity index is 774. The number of hydrogen-bond donors (Lipinski definition) is 0. The Labute approximate surface area is 173 Å². The highest BCUT2D eigenvalue weighted by Crippen LogP contribution is 2.32. The van der Waals surface area contributed by atoms with Crippen LogP contribution in [0, 0.1) is 0 Å². The Morgan fingerprint density at radius 1 is 1.21 bits per heavy atom. The SMILES string of the molecule is CCCCCCCCC(=O)N1CCCCC1c1nc(-c2cccc(OC)c2)no1. The van der Waals surface area contributed by atoms with E-state index in [1.165, 1.54) is 25.7 Å². The normalized spacial score (nSPS) is 16.8. The number of amides is 1. The molecule has 2 aromatic rings. The molecule has 158 valence electrons. The molecule has 1 saturated heterocycles. The molecule has 0 N–H and O–H groups in total. The number of carbonyl (C=O) groups excluding carboxylic acids is 1. The fraction of sp³-hybridized carbons (Fsp3) is 0.609. The molecule has 1 aliphatic rings. The van der Waals surface area contributed by atoms with Crippen molar-refractivity contribution in [2.45, 2.75) is 77.2 Å². The average Bonchev–Trinajstić information content (AvgIpc) is 3.26. The number of methoxy groups -OCH3 is 1. The summed E-state index contributed by atoms with van der Waals surface area (Å²) in [5.41, 5.74) is 0.847. The molecule has 0 bridgehead atoms. The van der Waals surface area contributed by atoms with E-state index in [1.807, 2.05) is 29.2 Å². The van der Waals surface area contributed by atoms with Gasteiger partial charge in [0, 0.05) is 18.5 Å². The number of piperidine rings is 1. The van der Waals surface area contributed by atoms with E-state index >= 15 is 0 Å². The first-order valence-corrected chi connectivity index (χ1v) is 11.0. The lowest BCUT2D eigenvalue weighted by molar-refractivity contribution is -0.135.